The van der Waals surface area contributed by atoms with Crippen LogP contribution in [-0.2, 0) is 20.6 Å². The van der Waals surface area contributed by atoms with E-state index in [4.69, 9.17) is 0 Å². The molecule has 1 aromatic carbocycles. The molecule has 0 unspecified atom stereocenters. The van der Waals surface area contributed by atoms with Gasteiger partial charge in [0.2, 0.25) is 17.7 Å². The second-order valence-electron chi connectivity index (χ2n) is 9.22. The number of amides is 3. The third-order valence-corrected chi connectivity index (χ3v) is 4.93. The summed E-state index contributed by atoms with van der Waals surface area (Å²) in [7, 11) is 1.56. The van der Waals surface area contributed by atoms with Crippen molar-refractivity contribution < 1.29 is 27.6 Å². The lowest BCUT2D eigenvalue weighted by atomic mass is 10.1. The van der Waals surface area contributed by atoms with Crippen molar-refractivity contribution in [1.29, 1.82) is 0 Å². The van der Waals surface area contributed by atoms with E-state index in [1.807, 2.05) is 25.7 Å². The number of piperazine rings is 1. The summed E-state index contributed by atoms with van der Waals surface area (Å²) in [4.78, 5) is 41.9. The summed E-state index contributed by atoms with van der Waals surface area (Å²) in [5.41, 5.74) is -1.55. The van der Waals surface area contributed by atoms with E-state index in [9.17, 15) is 27.6 Å². The van der Waals surface area contributed by atoms with Crippen molar-refractivity contribution in [3.05, 3.63) is 29.8 Å². The zero-order valence-electron chi connectivity index (χ0n) is 19.5. The van der Waals surface area contributed by atoms with Crippen LogP contribution in [0, 0.1) is 0 Å². The minimum Gasteiger partial charge on any atom is -0.350 e. The van der Waals surface area contributed by atoms with Crippen molar-refractivity contribution in [1.82, 2.24) is 20.0 Å². The number of alkyl halides is 3. The average Bonchev–Trinajstić information content (AvgIpc) is 2.66. The van der Waals surface area contributed by atoms with E-state index in [0.29, 0.717) is 26.2 Å². The molecule has 0 atom stereocenters. The van der Waals surface area contributed by atoms with Crippen LogP contribution in [0.4, 0.5) is 18.9 Å². The lowest BCUT2D eigenvalue weighted by Crippen LogP contribution is -2.54. The molecule has 3 amide bonds. The van der Waals surface area contributed by atoms with Gasteiger partial charge in [-0.05, 0) is 40.0 Å². The minimum absolute atomic E-state index is 0.0428. The Morgan fingerprint density at radius 3 is 2.15 bits per heavy atom. The number of rotatable bonds is 7. The number of carbonyl (C=O) groups is 3. The standard InChI is InChI=1S/C22H32F3N5O3/c1-21(2,3)27-19(32)14-29-9-11-30(12-10-29)20(33)15-28(4)13-18(31)26-17-8-6-5-7-16(17)22(23,24)25/h5-8H,9-15H2,1-4H3,(H,26,31)(H,27,32). The molecular formula is C22H32F3N5O3. The second kappa shape index (κ2) is 11.0. The number of anilines is 1. The smallest absolute Gasteiger partial charge is 0.350 e. The van der Waals surface area contributed by atoms with Gasteiger partial charge in [-0.15, -0.1) is 0 Å². The Balaban J connectivity index is 1.78. The van der Waals surface area contributed by atoms with Crippen molar-refractivity contribution in [2.75, 3.05) is 58.2 Å². The van der Waals surface area contributed by atoms with Gasteiger partial charge < -0.3 is 15.5 Å². The quantitative estimate of drug-likeness (QED) is 0.632. The SMILES string of the molecule is CN(CC(=O)Nc1ccccc1C(F)(F)F)CC(=O)N1CCN(CC(=O)NC(C)(C)C)CC1. The van der Waals surface area contributed by atoms with Crippen molar-refractivity contribution >= 4 is 23.4 Å². The van der Waals surface area contributed by atoms with Crippen LogP contribution < -0.4 is 10.6 Å². The third kappa shape index (κ3) is 9.01. The Labute approximate surface area is 192 Å². The molecule has 0 aromatic heterocycles. The minimum atomic E-state index is -4.58. The number of hydrogen-bond donors (Lipinski definition) is 2. The molecule has 2 rings (SSSR count). The van der Waals surface area contributed by atoms with Gasteiger partial charge in [0, 0.05) is 31.7 Å². The van der Waals surface area contributed by atoms with Gasteiger partial charge >= 0.3 is 6.18 Å². The Morgan fingerprint density at radius 2 is 1.58 bits per heavy atom. The summed E-state index contributed by atoms with van der Waals surface area (Å²) in [5, 5.41) is 5.18. The molecule has 2 N–H and O–H groups in total. The monoisotopic (exact) mass is 471 g/mol. The zero-order chi connectivity index (χ0) is 24.8. The zero-order valence-corrected chi connectivity index (χ0v) is 19.5. The second-order valence-corrected chi connectivity index (χ2v) is 9.22. The molecule has 1 fully saturated rings. The lowest BCUT2D eigenvalue weighted by molar-refractivity contribution is -0.137. The van der Waals surface area contributed by atoms with Crippen molar-refractivity contribution in [3.8, 4) is 0 Å². The lowest BCUT2D eigenvalue weighted by Gasteiger charge is -2.35. The molecule has 0 spiro atoms. The Bertz CT molecular complexity index is 846. The number of halogens is 3. The number of benzene rings is 1. The molecule has 1 aliphatic rings. The van der Waals surface area contributed by atoms with Gasteiger partial charge in [-0.1, -0.05) is 12.1 Å². The van der Waals surface area contributed by atoms with Gasteiger partial charge in [-0.25, -0.2) is 0 Å². The van der Waals surface area contributed by atoms with E-state index in [1.54, 1.807) is 11.9 Å². The van der Waals surface area contributed by atoms with Gasteiger partial charge in [0.05, 0.1) is 30.9 Å². The fourth-order valence-electron chi connectivity index (χ4n) is 3.48. The third-order valence-electron chi connectivity index (χ3n) is 4.93. The van der Waals surface area contributed by atoms with Crippen LogP contribution in [0.1, 0.15) is 26.3 Å². The van der Waals surface area contributed by atoms with Crippen LogP contribution >= 0.6 is 0 Å². The molecular weight excluding hydrogens is 439 g/mol. The molecule has 0 saturated carbocycles. The highest BCUT2D eigenvalue weighted by atomic mass is 19.4. The highest BCUT2D eigenvalue weighted by molar-refractivity contribution is 5.93. The molecule has 11 heteroatoms. The Kier molecular flexibility index (Phi) is 8.84. The van der Waals surface area contributed by atoms with Gasteiger partial charge in [0.15, 0.2) is 0 Å². The Hall–Kier alpha value is -2.66. The molecule has 33 heavy (non-hydrogen) atoms. The predicted octanol–water partition coefficient (Wildman–Crippen LogP) is 1.63. The first-order valence-corrected chi connectivity index (χ1v) is 10.7. The largest absolute Gasteiger partial charge is 0.418 e. The summed E-state index contributed by atoms with van der Waals surface area (Å²) in [6.45, 7) is 7.75. The molecule has 0 aliphatic carbocycles. The van der Waals surface area contributed by atoms with Gasteiger partial charge in [-0.2, -0.15) is 13.2 Å². The number of likely N-dealkylation sites (N-methyl/N-ethyl adjacent to an activating group) is 1. The predicted molar refractivity (Wildman–Crippen MR) is 118 cm³/mol. The number of para-hydroxylation sites is 1. The number of nitrogens with one attached hydrogen (secondary N) is 2. The van der Waals surface area contributed by atoms with Crippen molar-refractivity contribution in [2.24, 2.45) is 0 Å². The van der Waals surface area contributed by atoms with E-state index in [1.165, 1.54) is 23.1 Å². The molecule has 0 radical (unpaired) electrons. The van der Waals surface area contributed by atoms with Crippen LogP contribution in [0.3, 0.4) is 0 Å². The maximum absolute atomic E-state index is 13.1. The molecule has 1 heterocycles. The summed E-state index contributed by atoms with van der Waals surface area (Å²) < 4.78 is 39.2. The molecule has 8 nitrogen and oxygen atoms in total. The van der Waals surface area contributed by atoms with Crippen LogP contribution in [0.2, 0.25) is 0 Å². The van der Waals surface area contributed by atoms with E-state index in [-0.39, 0.29) is 42.7 Å². The summed E-state index contributed by atoms with van der Waals surface area (Å²) in [6.07, 6.45) is -4.58. The fourth-order valence-corrected chi connectivity index (χ4v) is 3.48. The molecule has 1 aliphatic heterocycles. The van der Waals surface area contributed by atoms with Crippen LogP contribution in [0.15, 0.2) is 24.3 Å². The Morgan fingerprint density at radius 1 is 0.970 bits per heavy atom. The molecule has 184 valence electrons. The van der Waals surface area contributed by atoms with E-state index < -0.39 is 17.6 Å². The van der Waals surface area contributed by atoms with E-state index >= 15 is 0 Å². The van der Waals surface area contributed by atoms with Gasteiger partial charge in [0.25, 0.3) is 0 Å². The van der Waals surface area contributed by atoms with E-state index in [2.05, 4.69) is 10.6 Å². The van der Waals surface area contributed by atoms with Gasteiger partial charge in [-0.3, -0.25) is 24.2 Å². The van der Waals surface area contributed by atoms with E-state index in [0.717, 1.165) is 6.07 Å². The summed E-state index contributed by atoms with van der Waals surface area (Å²) in [5.74, 6) is -0.892. The molecule has 1 aromatic rings. The van der Waals surface area contributed by atoms with Crippen LogP contribution in [0.25, 0.3) is 0 Å². The number of hydrogen-bond acceptors (Lipinski definition) is 5. The van der Waals surface area contributed by atoms with Crippen molar-refractivity contribution in [3.63, 3.8) is 0 Å². The van der Waals surface area contributed by atoms with Crippen molar-refractivity contribution in [2.45, 2.75) is 32.5 Å². The average molecular weight is 472 g/mol. The number of carbonyl (C=O) groups excluding carboxylic acids is 3. The normalized spacial score (nSPS) is 15.5. The number of nitrogens with zero attached hydrogens (tertiary/aromatic N) is 3. The van der Waals surface area contributed by atoms with Gasteiger partial charge in [0.1, 0.15) is 0 Å². The first kappa shape index (κ1) is 26.6. The van der Waals surface area contributed by atoms with Crippen LogP contribution in [-0.4, -0.2) is 90.8 Å². The maximum atomic E-state index is 13.1. The molecule has 0 bridgehead atoms. The summed E-state index contributed by atoms with van der Waals surface area (Å²) in [6, 6.07) is 4.74. The first-order valence-electron chi connectivity index (χ1n) is 10.7. The fraction of sp³-hybridized carbons (Fsp3) is 0.591. The first-order chi connectivity index (χ1) is 15.2. The highest BCUT2D eigenvalue weighted by Crippen LogP contribution is 2.34. The maximum Gasteiger partial charge on any atom is 0.418 e. The summed E-state index contributed by atoms with van der Waals surface area (Å²) >= 11 is 0. The van der Waals surface area contributed by atoms with Crippen LogP contribution in [0.5, 0.6) is 0 Å². The highest BCUT2D eigenvalue weighted by Gasteiger charge is 2.33. The molecule has 1 saturated heterocycles. The topological polar surface area (TPSA) is 85.0 Å².